The number of fused-ring (bicyclic) bond motifs is 2. The zero-order valence-electron chi connectivity index (χ0n) is 14.5. The molecular weight excluding hydrogens is 316 g/mol. The molecule has 3 aromatic heterocycles. The van der Waals surface area contributed by atoms with Gasteiger partial charge < -0.3 is 10.5 Å². The van der Waals surface area contributed by atoms with Crippen LogP contribution in [0.4, 0.5) is 5.82 Å². The number of pyridine rings is 2. The first-order chi connectivity index (χ1) is 11.7. The van der Waals surface area contributed by atoms with Gasteiger partial charge in [0.2, 0.25) is 0 Å². The Balaban J connectivity index is 2.13. The van der Waals surface area contributed by atoms with Gasteiger partial charge in [-0.3, -0.25) is 0 Å². The summed E-state index contributed by atoms with van der Waals surface area (Å²) in [5, 5.41) is 13.8. The minimum Gasteiger partial charge on any atom is -0.383 e. The molecule has 0 saturated carbocycles. The van der Waals surface area contributed by atoms with E-state index in [1.54, 1.807) is 4.52 Å². The molecule has 0 saturated heterocycles. The lowest BCUT2D eigenvalue weighted by Crippen LogP contribution is -2.23. The molecule has 0 spiro atoms. The van der Waals surface area contributed by atoms with Gasteiger partial charge in [0, 0.05) is 17.3 Å². The summed E-state index contributed by atoms with van der Waals surface area (Å²) >= 11 is 0. The molecule has 0 bridgehead atoms. The fourth-order valence-electron chi connectivity index (χ4n) is 3.74. The first-order valence-electron chi connectivity index (χ1n) is 7.99. The monoisotopic (exact) mass is 334 g/mol. The molecule has 7 heteroatoms. The number of nitrogen functional groups attached to an aromatic ring is 1. The van der Waals surface area contributed by atoms with Crippen LogP contribution in [0.3, 0.4) is 0 Å². The Morgan fingerprint density at radius 1 is 1.24 bits per heavy atom. The van der Waals surface area contributed by atoms with Crippen LogP contribution < -0.4 is 5.73 Å². The number of rotatable bonds is 1. The Hall–Kier alpha value is -2.98. The number of nitriles is 1. The normalized spacial score (nSPS) is 17.4. The number of nitrogens with zero attached hydrogens (tertiary/aromatic N) is 5. The van der Waals surface area contributed by atoms with Crippen molar-refractivity contribution >= 4 is 11.5 Å². The van der Waals surface area contributed by atoms with Crippen LogP contribution in [0.15, 0.2) is 24.7 Å². The molecule has 0 radical (unpaired) electrons. The van der Waals surface area contributed by atoms with Crippen LogP contribution in [0, 0.1) is 11.3 Å². The van der Waals surface area contributed by atoms with E-state index in [2.05, 4.69) is 21.1 Å². The third-order valence-electron chi connectivity index (χ3n) is 4.59. The fraction of sp³-hybridized carbons (Fsp3) is 0.333. The number of aromatic nitrogens is 4. The Morgan fingerprint density at radius 2 is 2.00 bits per heavy atom. The zero-order valence-corrected chi connectivity index (χ0v) is 14.5. The maximum atomic E-state index is 9.72. The lowest BCUT2D eigenvalue weighted by Gasteiger charge is -2.25. The Bertz CT molecular complexity index is 1060. The van der Waals surface area contributed by atoms with Gasteiger partial charge in [0.25, 0.3) is 0 Å². The Kier molecular flexibility index (Phi) is 2.97. The molecule has 2 N–H and O–H groups in total. The molecule has 25 heavy (non-hydrogen) atoms. The molecule has 1 aliphatic rings. The van der Waals surface area contributed by atoms with Crippen molar-refractivity contribution in [2.24, 2.45) is 0 Å². The summed E-state index contributed by atoms with van der Waals surface area (Å²) in [4.78, 5) is 8.74. The second kappa shape index (κ2) is 4.77. The topological polar surface area (TPSA) is 102 Å². The smallest absolute Gasteiger partial charge is 0.155 e. The van der Waals surface area contributed by atoms with E-state index in [0.717, 1.165) is 22.4 Å². The predicted octanol–water partition coefficient (Wildman–Crippen LogP) is 2.75. The van der Waals surface area contributed by atoms with Crippen molar-refractivity contribution in [2.45, 2.75) is 38.9 Å². The summed E-state index contributed by atoms with van der Waals surface area (Å²) in [7, 11) is 0. The average molecular weight is 334 g/mol. The summed E-state index contributed by atoms with van der Waals surface area (Å²) in [5.74, 6) is 0.215. The van der Waals surface area contributed by atoms with E-state index < -0.39 is 11.2 Å². The summed E-state index contributed by atoms with van der Waals surface area (Å²) in [6.07, 6.45) is 3.31. The highest BCUT2D eigenvalue weighted by molar-refractivity contribution is 5.82. The molecule has 3 aromatic rings. The van der Waals surface area contributed by atoms with Crippen molar-refractivity contribution in [1.82, 2.24) is 19.6 Å². The van der Waals surface area contributed by atoms with Gasteiger partial charge in [0.1, 0.15) is 29.4 Å². The molecule has 7 nitrogen and oxygen atoms in total. The summed E-state index contributed by atoms with van der Waals surface area (Å²) < 4.78 is 7.91. The lowest BCUT2D eigenvalue weighted by molar-refractivity contribution is -0.106. The largest absolute Gasteiger partial charge is 0.383 e. The summed E-state index contributed by atoms with van der Waals surface area (Å²) in [6, 6.07) is 6.01. The van der Waals surface area contributed by atoms with Crippen molar-refractivity contribution < 1.29 is 4.74 Å². The SMILES string of the molecule is CC1(C)OC(C)(C)c2c1nc(N)c(C#N)c2-c1ccn2ncnc2c1. The summed E-state index contributed by atoms with van der Waals surface area (Å²) in [6.45, 7) is 7.90. The molecule has 0 aromatic carbocycles. The van der Waals surface area contributed by atoms with Crippen molar-refractivity contribution in [3.8, 4) is 17.2 Å². The number of ether oxygens (including phenoxy) is 1. The molecule has 4 rings (SSSR count). The average Bonchev–Trinajstić information content (AvgIpc) is 3.06. The maximum Gasteiger partial charge on any atom is 0.155 e. The molecule has 126 valence electrons. The van der Waals surface area contributed by atoms with Crippen molar-refractivity contribution in [3.05, 3.63) is 41.5 Å². The van der Waals surface area contributed by atoms with Crippen LogP contribution in [0.25, 0.3) is 16.8 Å². The van der Waals surface area contributed by atoms with E-state index in [4.69, 9.17) is 10.5 Å². The van der Waals surface area contributed by atoms with Gasteiger partial charge in [-0.1, -0.05) is 0 Å². The van der Waals surface area contributed by atoms with E-state index >= 15 is 0 Å². The minimum absolute atomic E-state index is 0.215. The standard InChI is InChI=1S/C18H18N6O/c1-17(2)14-13(10-5-6-24-12(7-10)21-9-22-24)11(8-19)16(20)23-15(14)18(3,4)25-17/h5-7,9H,1-4H3,(H2,20,23). The highest BCUT2D eigenvalue weighted by atomic mass is 16.5. The van der Waals surface area contributed by atoms with Gasteiger partial charge in [-0.05, 0) is 45.4 Å². The van der Waals surface area contributed by atoms with E-state index in [-0.39, 0.29) is 5.82 Å². The number of hydrogen-bond donors (Lipinski definition) is 1. The first kappa shape index (κ1) is 15.5. The summed E-state index contributed by atoms with van der Waals surface area (Å²) in [5.41, 5.74) is 9.26. The van der Waals surface area contributed by atoms with Crippen LogP contribution in [0.5, 0.6) is 0 Å². The van der Waals surface area contributed by atoms with Gasteiger partial charge in [0.15, 0.2) is 5.65 Å². The quantitative estimate of drug-likeness (QED) is 0.734. The fourth-order valence-corrected chi connectivity index (χ4v) is 3.74. The third kappa shape index (κ3) is 2.11. The van der Waals surface area contributed by atoms with Gasteiger partial charge >= 0.3 is 0 Å². The first-order valence-corrected chi connectivity index (χ1v) is 7.99. The van der Waals surface area contributed by atoms with E-state index in [1.165, 1.54) is 6.33 Å². The van der Waals surface area contributed by atoms with Crippen LogP contribution in [0.1, 0.15) is 44.5 Å². The van der Waals surface area contributed by atoms with Gasteiger partial charge in [-0.2, -0.15) is 10.4 Å². The second-order valence-electron chi connectivity index (χ2n) is 7.18. The lowest BCUT2D eigenvalue weighted by atomic mass is 9.85. The van der Waals surface area contributed by atoms with Crippen LogP contribution in [-0.4, -0.2) is 19.6 Å². The van der Waals surface area contributed by atoms with E-state index in [1.807, 2.05) is 46.0 Å². The van der Waals surface area contributed by atoms with Gasteiger partial charge in [0.05, 0.1) is 11.3 Å². The number of nitrogens with two attached hydrogens (primary N) is 1. The van der Waals surface area contributed by atoms with Crippen LogP contribution in [0.2, 0.25) is 0 Å². The molecule has 0 aliphatic carbocycles. The van der Waals surface area contributed by atoms with Crippen LogP contribution in [-0.2, 0) is 15.9 Å². The Morgan fingerprint density at radius 3 is 2.72 bits per heavy atom. The van der Waals surface area contributed by atoms with E-state index in [9.17, 15) is 5.26 Å². The molecule has 1 aliphatic heterocycles. The molecule has 0 unspecified atom stereocenters. The van der Waals surface area contributed by atoms with Gasteiger partial charge in [-0.15, -0.1) is 0 Å². The second-order valence-corrected chi connectivity index (χ2v) is 7.18. The number of anilines is 1. The van der Waals surface area contributed by atoms with Crippen molar-refractivity contribution in [1.29, 1.82) is 5.26 Å². The van der Waals surface area contributed by atoms with Gasteiger partial charge in [-0.25, -0.2) is 14.5 Å². The minimum atomic E-state index is -0.597. The molecule has 0 atom stereocenters. The highest BCUT2D eigenvalue weighted by Crippen LogP contribution is 2.51. The van der Waals surface area contributed by atoms with Crippen LogP contribution >= 0.6 is 0 Å². The maximum absolute atomic E-state index is 9.72. The van der Waals surface area contributed by atoms with E-state index in [0.29, 0.717) is 11.2 Å². The molecular formula is C18H18N6O. The highest BCUT2D eigenvalue weighted by Gasteiger charge is 2.47. The molecule has 4 heterocycles. The predicted molar refractivity (Wildman–Crippen MR) is 92.5 cm³/mol. The molecule has 0 amide bonds. The van der Waals surface area contributed by atoms with Crippen molar-refractivity contribution in [2.75, 3.05) is 5.73 Å². The molecule has 0 fully saturated rings. The Labute approximate surface area is 145 Å². The number of hydrogen-bond acceptors (Lipinski definition) is 6. The third-order valence-corrected chi connectivity index (χ3v) is 4.59. The zero-order chi connectivity index (χ0) is 18.0. The van der Waals surface area contributed by atoms with Crippen molar-refractivity contribution in [3.63, 3.8) is 0 Å².